The van der Waals surface area contributed by atoms with Crippen molar-refractivity contribution < 1.29 is 9.13 Å². The summed E-state index contributed by atoms with van der Waals surface area (Å²) < 4.78 is 4.17. The van der Waals surface area contributed by atoms with Gasteiger partial charge in [-0.25, -0.2) is 9.13 Å². The molecule has 18 heavy (non-hydrogen) atoms. The number of pyridine rings is 2. The lowest BCUT2D eigenvalue weighted by Crippen LogP contribution is -2.36. The number of rotatable bonds is 5. The summed E-state index contributed by atoms with van der Waals surface area (Å²) in [4.78, 5) is 0. The summed E-state index contributed by atoms with van der Waals surface area (Å²) in [6.45, 7) is 3.03. The van der Waals surface area contributed by atoms with Gasteiger partial charge in [0.15, 0.2) is 37.9 Å². The molecule has 4 nitrogen and oxygen atoms in total. The average Bonchev–Trinajstić information content (AvgIpc) is 2.41. The van der Waals surface area contributed by atoms with Crippen LogP contribution >= 0.6 is 0 Å². The molecular formula is C14H20N4+2. The molecule has 0 radical (unpaired) electrons. The van der Waals surface area contributed by atoms with Crippen LogP contribution in [0, 0.1) is 0 Å². The monoisotopic (exact) mass is 244 g/mol. The van der Waals surface area contributed by atoms with E-state index in [1.807, 2.05) is 0 Å². The molecule has 0 aliphatic rings. The highest BCUT2D eigenvalue weighted by Crippen LogP contribution is 2.15. The number of hydrogen-bond acceptors (Lipinski definition) is 2. The maximum absolute atomic E-state index is 5.52. The molecule has 0 saturated heterocycles. The van der Waals surface area contributed by atoms with E-state index in [-0.39, 0.29) is 0 Å². The standard InChI is InChI=1S/C14H20N4/c15-5-11-17-7-1-13(2-8-17)14-3-9-18(10-4-14)12-6-16/h1-4,7-10H,5-6,11-12,15-16H2/q+2. The topological polar surface area (TPSA) is 59.8 Å². The van der Waals surface area contributed by atoms with Crippen LogP contribution in [0.2, 0.25) is 0 Å². The van der Waals surface area contributed by atoms with Crippen LogP contribution < -0.4 is 20.6 Å². The highest BCUT2D eigenvalue weighted by molar-refractivity contribution is 5.60. The highest BCUT2D eigenvalue weighted by Gasteiger charge is 2.04. The van der Waals surface area contributed by atoms with Crippen molar-refractivity contribution in [3.63, 3.8) is 0 Å². The Balaban J connectivity index is 2.15. The van der Waals surface area contributed by atoms with Crippen LogP contribution in [0.15, 0.2) is 49.1 Å². The van der Waals surface area contributed by atoms with Crippen LogP contribution in [0.5, 0.6) is 0 Å². The minimum atomic E-state index is 0.661. The Morgan fingerprint density at radius 2 is 1.00 bits per heavy atom. The number of aromatic nitrogens is 2. The minimum absolute atomic E-state index is 0.661. The van der Waals surface area contributed by atoms with E-state index in [9.17, 15) is 0 Å². The molecule has 0 aromatic carbocycles. The summed E-state index contributed by atoms with van der Waals surface area (Å²) >= 11 is 0. The number of hydrogen-bond donors (Lipinski definition) is 2. The van der Waals surface area contributed by atoms with Gasteiger partial charge < -0.3 is 11.5 Å². The van der Waals surface area contributed by atoms with Crippen LogP contribution in [0.1, 0.15) is 0 Å². The quantitative estimate of drug-likeness (QED) is 0.718. The first kappa shape index (κ1) is 12.7. The van der Waals surface area contributed by atoms with Gasteiger partial charge in [0.05, 0.1) is 13.1 Å². The van der Waals surface area contributed by atoms with E-state index in [1.54, 1.807) is 0 Å². The van der Waals surface area contributed by atoms with E-state index in [2.05, 4.69) is 58.2 Å². The first-order valence-corrected chi connectivity index (χ1v) is 6.22. The molecule has 0 saturated carbocycles. The molecule has 4 heteroatoms. The second-order valence-electron chi connectivity index (χ2n) is 4.23. The normalized spacial score (nSPS) is 10.6. The van der Waals surface area contributed by atoms with Crippen molar-refractivity contribution in [1.82, 2.24) is 0 Å². The Labute approximate surface area is 107 Å². The van der Waals surface area contributed by atoms with Gasteiger partial charge in [0.2, 0.25) is 0 Å². The van der Waals surface area contributed by atoms with Crippen molar-refractivity contribution in [2.45, 2.75) is 13.1 Å². The fourth-order valence-electron chi connectivity index (χ4n) is 1.90. The summed E-state index contributed by atoms with van der Waals surface area (Å²) in [5.74, 6) is 0. The molecule has 0 amide bonds. The van der Waals surface area contributed by atoms with Crippen LogP contribution in [-0.2, 0) is 13.1 Å². The van der Waals surface area contributed by atoms with E-state index in [0.29, 0.717) is 13.1 Å². The summed E-state index contributed by atoms with van der Waals surface area (Å²) in [6, 6.07) is 8.44. The fourth-order valence-corrected chi connectivity index (χ4v) is 1.90. The summed E-state index contributed by atoms with van der Waals surface area (Å²) in [6.07, 6.45) is 8.23. The van der Waals surface area contributed by atoms with Gasteiger partial charge in [-0.05, 0) is 11.1 Å². The van der Waals surface area contributed by atoms with Crippen LogP contribution in [0.25, 0.3) is 11.1 Å². The molecule has 0 spiro atoms. The van der Waals surface area contributed by atoms with Crippen molar-refractivity contribution in [3.05, 3.63) is 49.1 Å². The second kappa shape index (κ2) is 6.23. The predicted octanol–water partition coefficient (Wildman–Crippen LogP) is -0.154. The van der Waals surface area contributed by atoms with Gasteiger partial charge in [0.25, 0.3) is 0 Å². The third-order valence-electron chi connectivity index (χ3n) is 2.89. The van der Waals surface area contributed by atoms with E-state index >= 15 is 0 Å². The highest BCUT2D eigenvalue weighted by atomic mass is 14.9. The minimum Gasteiger partial charge on any atom is -0.325 e. The Kier molecular flexibility index (Phi) is 4.39. The lowest BCUT2D eigenvalue weighted by molar-refractivity contribution is -0.694. The van der Waals surface area contributed by atoms with Crippen LogP contribution in [0.3, 0.4) is 0 Å². The van der Waals surface area contributed by atoms with Crippen molar-refractivity contribution in [3.8, 4) is 11.1 Å². The predicted molar refractivity (Wildman–Crippen MR) is 70.4 cm³/mol. The van der Waals surface area contributed by atoms with Crippen molar-refractivity contribution in [2.75, 3.05) is 13.1 Å². The Hall–Kier alpha value is -1.78. The van der Waals surface area contributed by atoms with Gasteiger partial charge in [-0.1, -0.05) is 0 Å². The average molecular weight is 244 g/mol. The van der Waals surface area contributed by atoms with Gasteiger partial charge in [-0.15, -0.1) is 0 Å². The SMILES string of the molecule is NCC[n+]1ccc(-c2cc[n+](CCN)cc2)cc1. The van der Waals surface area contributed by atoms with Gasteiger partial charge in [-0.3, -0.25) is 0 Å². The van der Waals surface area contributed by atoms with Gasteiger partial charge in [0.1, 0.15) is 0 Å². The Morgan fingerprint density at radius 1 is 0.667 bits per heavy atom. The Morgan fingerprint density at radius 3 is 1.28 bits per heavy atom. The lowest BCUT2D eigenvalue weighted by atomic mass is 10.1. The number of nitrogens with zero attached hydrogens (tertiary/aromatic N) is 2. The van der Waals surface area contributed by atoms with Crippen molar-refractivity contribution in [1.29, 1.82) is 0 Å². The summed E-state index contributed by atoms with van der Waals surface area (Å²) in [5, 5.41) is 0. The van der Waals surface area contributed by atoms with Crippen molar-refractivity contribution in [2.24, 2.45) is 11.5 Å². The van der Waals surface area contributed by atoms with Gasteiger partial charge in [-0.2, -0.15) is 0 Å². The van der Waals surface area contributed by atoms with E-state index in [4.69, 9.17) is 11.5 Å². The fraction of sp³-hybridized carbons (Fsp3) is 0.286. The molecule has 0 atom stereocenters. The zero-order valence-electron chi connectivity index (χ0n) is 10.5. The molecule has 0 aliphatic carbocycles. The smallest absolute Gasteiger partial charge is 0.169 e. The molecule has 2 heterocycles. The van der Waals surface area contributed by atoms with Crippen molar-refractivity contribution >= 4 is 0 Å². The summed E-state index contributed by atoms with van der Waals surface area (Å²) in [7, 11) is 0. The molecule has 2 aromatic rings. The summed E-state index contributed by atoms with van der Waals surface area (Å²) in [5.41, 5.74) is 13.5. The van der Waals surface area contributed by atoms with E-state index < -0.39 is 0 Å². The first-order valence-electron chi connectivity index (χ1n) is 6.22. The molecule has 0 fully saturated rings. The zero-order valence-corrected chi connectivity index (χ0v) is 10.5. The molecular weight excluding hydrogens is 224 g/mol. The van der Waals surface area contributed by atoms with Gasteiger partial charge >= 0.3 is 0 Å². The molecule has 94 valence electrons. The molecule has 0 aliphatic heterocycles. The molecule has 0 bridgehead atoms. The largest absolute Gasteiger partial charge is 0.325 e. The molecule has 0 unspecified atom stereocenters. The number of nitrogens with two attached hydrogens (primary N) is 2. The Bertz CT molecular complexity index is 429. The van der Waals surface area contributed by atoms with Gasteiger partial charge in [0, 0.05) is 24.3 Å². The van der Waals surface area contributed by atoms with Crippen LogP contribution in [0.4, 0.5) is 0 Å². The third-order valence-corrected chi connectivity index (χ3v) is 2.89. The molecule has 4 N–H and O–H groups in total. The van der Waals surface area contributed by atoms with Crippen LogP contribution in [-0.4, -0.2) is 13.1 Å². The maximum Gasteiger partial charge on any atom is 0.169 e. The van der Waals surface area contributed by atoms with E-state index in [0.717, 1.165) is 13.1 Å². The third kappa shape index (κ3) is 3.12. The second-order valence-corrected chi connectivity index (χ2v) is 4.23. The van der Waals surface area contributed by atoms with E-state index in [1.165, 1.54) is 11.1 Å². The zero-order chi connectivity index (χ0) is 12.8. The maximum atomic E-state index is 5.52. The lowest BCUT2D eigenvalue weighted by Gasteiger charge is -2.00. The first-order chi connectivity index (χ1) is 8.83. The molecule has 2 rings (SSSR count). The molecule has 2 aromatic heterocycles.